The second-order valence-corrected chi connectivity index (χ2v) is 4.24. The van der Waals surface area contributed by atoms with Gasteiger partial charge in [0.05, 0.1) is 0 Å². The number of rotatable bonds is 1. The number of hydrogen-bond acceptors (Lipinski definition) is 0. The third-order valence-electron chi connectivity index (χ3n) is 1.27. The molecular formula is C8H16Cl. The number of hydrogen-bond donors (Lipinski definition) is 0. The zero-order valence-corrected chi connectivity index (χ0v) is 7.71. The summed E-state index contributed by atoms with van der Waals surface area (Å²) in [7, 11) is 0. The molecule has 0 aromatic rings. The third kappa shape index (κ3) is 3.10. The van der Waals surface area contributed by atoms with Crippen molar-refractivity contribution >= 4 is 11.6 Å². The third-order valence-corrected chi connectivity index (χ3v) is 2.36. The Morgan fingerprint density at radius 2 is 1.56 bits per heavy atom. The largest absolute Gasteiger partial charge is 0.122 e. The molecule has 0 amide bonds. The first-order chi connectivity index (χ1) is 3.85. The van der Waals surface area contributed by atoms with Crippen LogP contribution in [0.4, 0.5) is 0 Å². The Morgan fingerprint density at radius 3 is 1.56 bits per heavy atom. The van der Waals surface area contributed by atoms with E-state index in [1.165, 1.54) is 5.92 Å². The lowest BCUT2D eigenvalue weighted by atomic mass is 9.86. The summed E-state index contributed by atoms with van der Waals surface area (Å²) in [5, 5.41) is 0.206. The van der Waals surface area contributed by atoms with Crippen molar-refractivity contribution in [2.45, 2.75) is 40.0 Å². The molecule has 0 aromatic heterocycles. The lowest BCUT2D eigenvalue weighted by molar-refractivity contribution is 0.397. The fraction of sp³-hybridized carbons (Fsp3) is 0.875. The van der Waals surface area contributed by atoms with Gasteiger partial charge in [-0.3, -0.25) is 0 Å². The minimum Gasteiger partial charge on any atom is -0.122 e. The van der Waals surface area contributed by atoms with Crippen LogP contribution in [-0.2, 0) is 0 Å². The highest BCUT2D eigenvalue weighted by molar-refractivity contribution is 6.22. The molecule has 1 unspecified atom stereocenters. The van der Waals surface area contributed by atoms with Gasteiger partial charge in [-0.05, 0) is 11.3 Å². The first-order valence-corrected chi connectivity index (χ1v) is 3.73. The molecule has 0 aromatic carbocycles. The van der Waals surface area contributed by atoms with E-state index in [1.807, 2.05) is 0 Å². The summed E-state index contributed by atoms with van der Waals surface area (Å²) in [6.07, 6.45) is 0. The van der Waals surface area contributed by atoms with E-state index >= 15 is 0 Å². The molecule has 0 aliphatic carbocycles. The Labute approximate surface area is 63.6 Å². The molecule has 0 fully saturated rings. The Bertz CT molecular complexity index is 79.1. The van der Waals surface area contributed by atoms with E-state index in [0.29, 0.717) is 0 Å². The maximum Gasteiger partial charge on any atom is 0.0441 e. The predicted octanol–water partition coefficient (Wildman–Crippen LogP) is 3.25. The van der Waals surface area contributed by atoms with Crippen LogP contribution >= 0.6 is 11.6 Å². The fourth-order valence-electron chi connectivity index (χ4n) is 0.866. The number of alkyl halides is 1. The summed E-state index contributed by atoms with van der Waals surface area (Å²) in [4.78, 5) is 0. The summed E-state index contributed by atoms with van der Waals surface area (Å²) in [6.45, 7) is 10.6. The summed E-state index contributed by atoms with van der Waals surface area (Å²) >= 11 is 6.05. The molecule has 0 nitrogen and oxygen atoms in total. The highest BCUT2D eigenvalue weighted by atomic mass is 35.5. The summed E-state index contributed by atoms with van der Waals surface area (Å²) < 4.78 is 0. The van der Waals surface area contributed by atoms with E-state index in [9.17, 15) is 0 Å². The van der Waals surface area contributed by atoms with Gasteiger partial charge < -0.3 is 0 Å². The highest BCUT2D eigenvalue weighted by Crippen LogP contribution is 2.30. The van der Waals surface area contributed by atoms with Crippen LogP contribution in [0.15, 0.2) is 0 Å². The van der Waals surface area contributed by atoms with Crippen LogP contribution in [0.5, 0.6) is 0 Å². The Balaban J connectivity index is 3.88. The van der Waals surface area contributed by atoms with Crippen molar-refractivity contribution in [3.05, 3.63) is 5.92 Å². The van der Waals surface area contributed by atoms with Crippen LogP contribution in [0.2, 0.25) is 0 Å². The van der Waals surface area contributed by atoms with Gasteiger partial charge in [0.1, 0.15) is 0 Å². The molecule has 55 valence electrons. The molecule has 0 bridgehead atoms. The van der Waals surface area contributed by atoms with Crippen molar-refractivity contribution in [2.75, 3.05) is 0 Å². The lowest BCUT2D eigenvalue weighted by Crippen LogP contribution is -2.24. The maximum absolute atomic E-state index is 6.05. The first kappa shape index (κ1) is 9.29. The van der Waals surface area contributed by atoms with Gasteiger partial charge >= 0.3 is 0 Å². The zero-order chi connectivity index (χ0) is 7.65. The minimum atomic E-state index is 0.206. The van der Waals surface area contributed by atoms with Gasteiger partial charge in [-0.15, -0.1) is 11.6 Å². The first-order valence-electron chi connectivity index (χ1n) is 3.30. The van der Waals surface area contributed by atoms with E-state index < -0.39 is 0 Å². The second-order valence-electron chi connectivity index (χ2n) is 3.81. The van der Waals surface area contributed by atoms with E-state index in [-0.39, 0.29) is 10.8 Å². The molecule has 1 radical (unpaired) electrons. The molecule has 0 aliphatic rings. The Morgan fingerprint density at radius 1 is 1.22 bits per heavy atom. The van der Waals surface area contributed by atoms with E-state index in [2.05, 4.69) is 34.6 Å². The SMILES string of the molecule is C[C](C)C(Cl)C(C)(C)C. The normalized spacial score (nSPS) is 16.3. The van der Waals surface area contributed by atoms with Crippen LogP contribution in [0.25, 0.3) is 0 Å². The fourth-order valence-corrected chi connectivity index (χ4v) is 0.866. The molecule has 9 heavy (non-hydrogen) atoms. The topological polar surface area (TPSA) is 0 Å². The summed E-state index contributed by atoms with van der Waals surface area (Å²) in [5.74, 6) is 1.30. The monoisotopic (exact) mass is 147 g/mol. The van der Waals surface area contributed by atoms with E-state index in [0.717, 1.165) is 0 Å². The van der Waals surface area contributed by atoms with Gasteiger partial charge in [0, 0.05) is 5.38 Å². The van der Waals surface area contributed by atoms with Crippen molar-refractivity contribution in [1.82, 2.24) is 0 Å². The van der Waals surface area contributed by atoms with Gasteiger partial charge in [0.15, 0.2) is 0 Å². The molecule has 0 rings (SSSR count). The van der Waals surface area contributed by atoms with Crippen molar-refractivity contribution in [2.24, 2.45) is 5.41 Å². The van der Waals surface area contributed by atoms with Crippen LogP contribution in [0.1, 0.15) is 34.6 Å². The maximum atomic E-state index is 6.05. The van der Waals surface area contributed by atoms with Crippen LogP contribution in [0.3, 0.4) is 0 Å². The number of halogens is 1. The van der Waals surface area contributed by atoms with Crippen molar-refractivity contribution in [3.63, 3.8) is 0 Å². The van der Waals surface area contributed by atoms with E-state index in [1.54, 1.807) is 0 Å². The Hall–Kier alpha value is 0.290. The highest BCUT2D eigenvalue weighted by Gasteiger charge is 2.24. The molecule has 0 N–H and O–H groups in total. The van der Waals surface area contributed by atoms with Crippen molar-refractivity contribution in [3.8, 4) is 0 Å². The Kier molecular flexibility index (Phi) is 3.01. The lowest BCUT2D eigenvalue weighted by Gasteiger charge is -2.27. The zero-order valence-electron chi connectivity index (χ0n) is 6.96. The molecule has 1 atom stereocenters. The van der Waals surface area contributed by atoms with Crippen LogP contribution < -0.4 is 0 Å². The molecule has 0 spiro atoms. The second kappa shape index (κ2) is 2.92. The molecule has 1 heteroatoms. The summed E-state index contributed by atoms with van der Waals surface area (Å²) in [5.41, 5.74) is 0.209. The van der Waals surface area contributed by atoms with Crippen LogP contribution in [-0.4, -0.2) is 5.38 Å². The predicted molar refractivity (Wildman–Crippen MR) is 43.7 cm³/mol. The van der Waals surface area contributed by atoms with Crippen LogP contribution in [0, 0.1) is 11.3 Å². The van der Waals surface area contributed by atoms with Crippen molar-refractivity contribution < 1.29 is 0 Å². The quantitative estimate of drug-likeness (QED) is 0.500. The molecular weight excluding hydrogens is 132 g/mol. The average Bonchev–Trinajstić information content (AvgIpc) is 1.62. The van der Waals surface area contributed by atoms with Gasteiger partial charge in [-0.2, -0.15) is 0 Å². The van der Waals surface area contributed by atoms with E-state index in [4.69, 9.17) is 11.6 Å². The summed E-state index contributed by atoms with van der Waals surface area (Å²) in [6, 6.07) is 0. The van der Waals surface area contributed by atoms with Gasteiger partial charge in [-0.1, -0.05) is 34.6 Å². The average molecular weight is 148 g/mol. The van der Waals surface area contributed by atoms with Gasteiger partial charge in [0.25, 0.3) is 0 Å². The standard InChI is InChI=1S/C8H16Cl/c1-6(2)7(9)8(3,4)5/h7H,1-5H3. The smallest absolute Gasteiger partial charge is 0.0441 e. The molecule has 0 aliphatic heterocycles. The van der Waals surface area contributed by atoms with Crippen molar-refractivity contribution in [1.29, 1.82) is 0 Å². The molecule has 0 heterocycles. The molecule has 0 saturated heterocycles. The minimum absolute atomic E-state index is 0.206. The van der Waals surface area contributed by atoms with Gasteiger partial charge in [0.2, 0.25) is 0 Å². The van der Waals surface area contributed by atoms with Gasteiger partial charge in [-0.25, -0.2) is 0 Å². The molecule has 0 saturated carbocycles.